The Balaban J connectivity index is 3.05. The van der Waals surface area contributed by atoms with Gasteiger partial charge in [0.05, 0.1) is 0 Å². The SMILES string of the molecule is Cc1cnc(C(=N)NO)cc1C. The Kier molecular flexibility index (Phi) is 2.40. The highest BCUT2D eigenvalue weighted by molar-refractivity contribution is 5.93. The molecule has 0 atom stereocenters. The lowest BCUT2D eigenvalue weighted by molar-refractivity contribution is 0.234. The van der Waals surface area contributed by atoms with Crippen LogP contribution in [0, 0.1) is 19.3 Å². The Labute approximate surface area is 70.7 Å². The van der Waals surface area contributed by atoms with Crippen LogP contribution in [0.3, 0.4) is 0 Å². The summed E-state index contributed by atoms with van der Waals surface area (Å²) in [6.45, 7) is 3.88. The van der Waals surface area contributed by atoms with E-state index in [4.69, 9.17) is 10.6 Å². The molecule has 0 spiro atoms. The highest BCUT2D eigenvalue weighted by Crippen LogP contribution is 2.05. The second kappa shape index (κ2) is 3.32. The average Bonchev–Trinajstić information content (AvgIpc) is 2.08. The molecule has 4 nitrogen and oxygen atoms in total. The van der Waals surface area contributed by atoms with Crippen molar-refractivity contribution in [3.8, 4) is 0 Å². The molecule has 0 unspecified atom stereocenters. The predicted octanol–water partition coefficient (Wildman–Crippen LogP) is 1.00. The number of hydroxylamine groups is 1. The maximum atomic E-state index is 8.43. The van der Waals surface area contributed by atoms with Crippen molar-refractivity contribution < 1.29 is 5.21 Å². The first kappa shape index (κ1) is 8.67. The first-order valence-electron chi connectivity index (χ1n) is 3.57. The highest BCUT2D eigenvalue weighted by Gasteiger charge is 2.02. The van der Waals surface area contributed by atoms with E-state index in [1.807, 2.05) is 13.8 Å². The molecule has 1 aromatic heterocycles. The Morgan fingerprint density at radius 2 is 2.17 bits per heavy atom. The third-order valence-electron chi connectivity index (χ3n) is 1.74. The van der Waals surface area contributed by atoms with Crippen LogP contribution < -0.4 is 5.48 Å². The summed E-state index contributed by atoms with van der Waals surface area (Å²) >= 11 is 0. The number of nitrogens with zero attached hydrogens (tertiary/aromatic N) is 1. The molecule has 0 amide bonds. The Hall–Kier alpha value is -1.42. The summed E-state index contributed by atoms with van der Waals surface area (Å²) in [7, 11) is 0. The quantitative estimate of drug-likeness (QED) is 0.330. The summed E-state index contributed by atoms with van der Waals surface area (Å²) in [5, 5.41) is 15.7. The molecule has 0 aliphatic carbocycles. The van der Waals surface area contributed by atoms with Gasteiger partial charge in [-0.2, -0.15) is 0 Å². The molecule has 0 saturated carbocycles. The van der Waals surface area contributed by atoms with E-state index in [9.17, 15) is 0 Å². The molecule has 3 N–H and O–H groups in total. The molecule has 0 aliphatic heterocycles. The normalized spacial score (nSPS) is 9.58. The van der Waals surface area contributed by atoms with Gasteiger partial charge in [-0.1, -0.05) is 0 Å². The molecule has 12 heavy (non-hydrogen) atoms. The second-order valence-corrected chi connectivity index (χ2v) is 2.64. The summed E-state index contributed by atoms with van der Waals surface area (Å²) in [5.74, 6) is -0.0851. The molecule has 1 rings (SSSR count). The Morgan fingerprint density at radius 3 is 2.67 bits per heavy atom. The van der Waals surface area contributed by atoms with E-state index in [1.165, 1.54) is 0 Å². The van der Waals surface area contributed by atoms with Crippen LogP contribution in [-0.4, -0.2) is 16.0 Å². The van der Waals surface area contributed by atoms with Gasteiger partial charge in [-0.25, -0.2) is 0 Å². The summed E-state index contributed by atoms with van der Waals surface area (Å²) in [5.41, 5.74) is 4.32. The summed E-state index contributed by atoms with van der Waals surface area (Å²) in [4.78, 5) is 3.96. The minimum atomic E-state index is -0.0851. The van der Waals surface area contributed by atoms with Crippen LogP contribution in [0.25, 0.3) is 0 Å². The van der Waals surface area contributed by atoms with Crippen molar-refractivity contribution in [2.24, 2.45) is 0 Å². The van der Waals surface area contributed by atoms with Crippen molar-refractivity contribution in [3.05, 3.63) is 29.1 Å². The van der Waals surface area contributed by atoms with Crippen LogP contribution in [0.2, 0.25) is 0 Å². The molecule has 1 aromatic rings. The maximum absolute atomic E-state index is 8.43. The van der Waals surface area contributed by atoms with Crippen LogP contribution in [0.15, 0.2) is 12.3 Å². The molecule has 64 valence electrons. The molecule has 0 saturated heterocycles. The van der Waals surface area contributed by atoms with Gasteiger partial charge in [0, 0.05) is 6.20 Å². The lowest BCUT2D eigenvalue weighted by Gasteiger charge is -2.03. The number of rotatable bonds is 1. The van der Waals surface area contributed by atoms with E-state index in [-0.39, 0.29) is 5.84 Å². The third kappa shape index (κ3) is 1.60. The van der Waals surface area contributed by atoms with Gasteiger partial charge in [0.2, 0.25) is 0 Å². The van der Waals surface area contributed by atoms with Gasteiger partial charge in [0.25, 0.3) is 0 Å². The number of aromatic nitrogens is 1. The highest BCUT2D eigenvalue weighted by atomic mass is 16.5. The standard InChI is InChI=1S/C8H11N3O/c1-5-3-7(8(9)11-12)10-4-6(5)2/h3-4,12H,1-2H3,(H2,9,11). The monoisotopic (exact) mass is 165 g/mol. The predicted molar refractivity (Wildman–Crippen MR) is 45.5 cm³/mol. The van der Waals surface area contributed by atoms with E-state index < -0.39 is 0 Å². The van der Waals surface area contributed by atoms with Gasteiger partial charge in [-0.15, -0.1) is 0 Å². The molecule has 0 radical (unpaired) electrons. The number of nitrogens with one attached hydrogen (secondary N) is 2. The van der Waals surface area contributed by atoms with Crippen molar-refractivity contribution in [3.63, 3.8) is 0 Å². The number of hydrogen-bond acceptors (Lipinski definition) is 3. The molecule has 0 aromatic carbocycles. The molecular weight excluding hydrogens is 154 g/mol. The van der Waals surface area contributed by atoms with Crippen molar-refractivity contribution in [1.29, 1.82) is 5.41 Å². The minimum absolute atomic E-state index is 0.0851. The van der Waals surface area contributed by atoms with Crippen molar-refractivity contribution in [2.45, 2.75) is 13.8 Å². The van der Waals surface area contributed by atoms with E-state index in [2.05, 4.69) is 4.98 Å². The Morgan fingerprint density at radius 1 is 1.50 bits per heavy atom. The smallest absolute Gasteiger partial charge is 0.168 e. The summed E-state index contributed by atoms with van der Waals surface area (Å²) in [6, 6.07) is 1.75. The molecular formula is C8H11N3O. The topological polar surface area (TPSA) is 69.0 Å². The largest absolute Gasteiger partial charge is 0.290 e. The number of hydrogen-bond donors (Lipinski definition) is 3. The van der Waals surface area contributed by atoms with Gasteiger partial charge in [-0.05, 0) is 31.0 Å². The van der Waals surface area contributed by atoms with Gasteiger partial charge in [0.15, 0.2) is 5.84 Å². The van der Waals surface area contributed by atoms with E-state index in [0.29, 0.717) is 5.69 Å². The second-order valence-electron chi connectivity index (χ2n) is 2.64. The number of aryl methyl sites for hydroxylation is 2. The van der Waals surface area contributed by atoms with E-state index in [1.54, 1.807) is 17.7 Å². The van der Waals surface area contributed by atoms with Crippen molar-refractivity contribution in [2.75, 3.05) is 0 Å². The van der Waals surface area contributed by atoms with Crippen LogP contribution >= 0.6 is 0 Å². The molecule has 0 bridgehead atoms. The molecule has 1 heterocycles. The van der Waals surface area contributed by atoms with Gasteiger partial charge in [0.1, 0.15) is 5.69 Å². The van der Waals surface area contributed by atoms with Crippen molar-refractivity contribution in [1.82, 2.24) is 10.5 Å². The first-order valence-corrected chi connectivity index (χ1v) is 3.57. The van der Waals surface area contributed by atoms with Gasteiger partial charge >= 0.3 is 0 Å². The number of pyridine rings is 1. The maximum Gasteiger partial charge on any atom is 0.168 e. The Bertz CT molecular complexity index is 309. The fourth-order valence-corrected chi connectivity index (χ4v) is 0.818. The van der Waals surface area contributed by atoms with Crippen molar-refractivity contribution >= 4 is 5.84 Å². The van der Waals surface area contributed by atoms with E-state index in [0.717, 1.165) is 11.1 Å². The zero-order valence-corrected chi connectivity index (χ0v) is 7.05. The van der Waals surface area contributed by atoms with Crippen LogP contribution in [0.1, 0.15) is 16.8 Å². The fraction of sp³-hybridized carbons (Fsp3) is 0.250. The zero-order chi connectivity index (χ0) is 9.14. The lowest BCUT2D eigenvalue weighted by atomic mass is 10.1. The van der Waals surface area contributed by atoms with Crippen LogP contribution in [-0.2, 0) is 0 Å². The first-order chi connectivity index (χ1) is 5.65. The summed E-state index contributed by atoms with van der Waals surface area (Å²) < 4.78 is 0. The van der Waals surface area contributed by atoms with Crippen LogP contribution in [0.5, 0.6) is 0 Å². The lowest BCUT2D eigenvalue weighted by Crippen LogP contribution is -2.20. The van der Waals surface area contributed by atoms with Crippen LogP contribution in [0.4, 0.5) is 0 Å². The third-order valence-corrected chi connectivity index (χ3v) is 1.74. The van der Waals surface area contributed by atoms with Gasteiger partial charge < -0.3 is 0 Å². The number of amidine groups is 1. The zero-order valence-electron chi connectivity index (χ0n) is 7.05. The van der Waals surface area contributed by atoms with E-state index >= 15 is 0 Å². The fourth-order valence-electron chi connectivity index (χ4n) is 0.818. The van der Waals surface area contributed by atoms with Gasteiger partial charge in [-0.3, -0.25) is 21.1 Å². The molecule has 0 fully saturated rings. The molecule has 4 heteroatoms. The minimum Gasteiger partial charge on any atom is -0.290 e. The summed E-state index contributed by atoms with van der Waals surface area (Å²) in [6.07, 6.45) is 1.68. The molecule has 0 aliphatic rings. The average molecular weight is 165 g/mol.